The molecule has 1 saturated carbocycles. The Morgan fingerprint density at radius 1 is 1.67 bits per heavy atom. The molecule has 0 aromatic carbocycles. The van der Waals surface area contributed by atoms with E-state index in [1.165, 1.54) is 0 Å². The third-order valence-corrected chi connectivity index (χ3v) is 2.55. The molecule has 1 heterocycles. The van der Waals surface area contributed by atoms with Crippen LogP contribution < -0.4 is 5.73 Å². The first-order valence-electron chi connectivity index (χ1n) is 4.55. The predicted molar refractivity (Wildman–Crippen MR) is 46.3 cm³/mol. The summed E-state index contributed by atoms with van der Waals surface area (Å²) in [5, 5.41) is 6.95. The van der Waals surface area contributed by atoms with E-state index in [-0.39, 0.29) is 6.04 Å². The summed E-state index contributed by atoms with van der Waals surface area (Å²) in [6.45, 7) is 1.92. The average molecular weight is 216 g/mol. The number of hydrogen-bond acceptors (Lipinski definition) is 3. The molecule has 2 rings (SSSR count). The molecule has 1 aliphatic carbocycles. The largest absolute Gasteiger partial charge is 0.364 e. The van der Waals surface area contributed by atoms with Crippen molar-refractivity contribution in [3.05, 3.63) is 11.4 Å². The molecule has 2 atom stereocenters. The van der Waals surface area contributed by atoms with Gasteiger partial charge in [-0.25, -0.2) is 13.5 Å². The number of carbonyl (C=O) groups is 1. The van der Waals surface area contributed by atoms with Crippen molar-refractivity contribution in [3.63, 3.8) is 0 Å². The molecule has 1 amide bonds. The zero-order chi connectivity index (χ0) is 11.2. The Kier molecular flexibility index (Phi) is 2.17. The first kappa shape index (κ1) is 10.0. The summed E-state index contributed by atoms with van der Waals surface area (Å²) in [7, 11) is 0. The SMILES string of the molecule is CC1CC1n1nnc(C(N)=O)c1C(F)F. The highest BCUT2D eigenvalue weighted by Gasteiger charge is 2.40. The van der Waals surface area contributed by atoms with E-state index in [9.17, 15) is 13.6 Å². The molecule has 1 fully saturated rings. The number of carbonyl (C=O) groups excluding carboxylic acids is 1. The van der Waals surface area contributed by atoms with Crippen molar-refractivity contribution in [2.45, 2.75) is 25.8 Å². The number of aromatic nitrogens is 3. The zero-order valence-electron chi connectivity index (χ0n) is 8.02. The Hall–Kier alpha value is -1.53. The summed E-state index contributed by atoms with van der Waals surface area (Å²) in [6, 6.07) is -0.0744. The Balaban J connectivity index is 2.43. The fourth-order valence-electron chi connectivity index (χ4n) is 1.57. The maximum atomic E-state index is 12.7. The molecule has 1 aliphatic rings. The molecule has 0 spiro atoms. The van der Waals surface area contributed by atoms with Gasteiger partial charge in [-0.3, -0.25) is 4.79 Å². The van der Waals surface area contributed by atoms with Gasteiger partial charge in [-0.15, -0.1) is 5.10 Å². The van der Waals surface area contributed by atoms with Gasteiger partial charge in [0.2, 0.25) is 0 Å². The minimum Gasteiger partial charge on any atom is -0.364 e. The van der Waals surface area contributed by atoms with Crippen molar-refractivity contribution >= 4 is 5.91 Å². The molecule has 0 radical (unpaired) electrons. The molecule has 2 unspecified atom stereocenters. The number of rotatable bonds is 3. The normalized spacial score (nSPS) is 24.5. The Bertz CT molecular complexity index is 403. The molecule has 1 aromatic rings. The number of amides is 1. The van der Waals surface area contributed by atoms with Crippen LogP contribution in [0.25, 0.3) is 0 Å². The lowest BCUT2D eigenvalue weighted by Gasteiger charge is -2.04. The van der Waals surface area contributed by atoms with Gasteiger partial charge in [-0.1, -0.05) is 12.1 Å². The van der Waals surface area contributed by atoms with E-state index in [2.05, 4.69) is 10.3 Å². The number of hydrogen-bond donors (Lipinski definition) is 1. The summed E-state index contributed by atoms with van der Waals surface area (Å²) < 4.78 is 26.5. The summed E-state index contributed by atoms with van der Waals surface area (Å²) in [4.78, 5) is 10.8. The van der Waals surface area contributed by atoms with Gasteiger partial charge < -0.3 is 5.73 Å². The molecule has 0 saturated heterocycles. The second kappa shape index (κ2) is 3.25. The maximum Gasteiger partial charge on any atom is 0.282 e. The fourth-order valence-corrected chi connectivity index (χ4v) is 1.57. The first-order valence-corrected chi connectivity index (χ1v) is 4.55. The summed E-state index contributed by atoms with van der Waals surface area (Å²) in [5.74, 6) is -0.672. The van der Waals surface area contributed by atoms with Gasteiger partial charge in [0.25, 0.3) is 12.3 Å². The highest BCUT2D eigenvalue weighted by atomic mass is 19.3. The third kappa shape index (κ3) is 1.57. The molecule has 2 N–H and O–H groups in total. The minimum atomic E-state index is -2.78. The van der Waals surface area contributed by atoms with Gasteiger partial charge in [0, 0.05) is 0 Å². The van der Waals surface area contributed by atoms with Crippen LogP contribution in [-0.2, 0) is 0 Å². The number of primary amides is 1. The molecule has 5 nitrogen and oxygen atoms in total. The number of nitrogens with zero attached hydrogens (tertiary/aromatic N) is 3. The van der Waals surface area contributed by atoms with Gasteiger partial charge in [0.15, 0.2) is 5.69 Å². The van der Waals surface area contributed by atoms with Crippen molar-refractivity contribution < 1.29 is 13.6 Å². The lowest BCUT2D eigenvalue weighted by atomic mass is 10.3. The molecule has 0 aliphatic heterocycles. The minimum absolute atomic E-state index is 0.0744. The second-order valence-electron chi connectivity index (χ2n) is 3.71. The Morgan fingerprint density at radius 3 is 2.67 bits per heavy atom. The van der Waals surface area contributed by atoms with Crippen molar-refractivity contribution in [2.75, 3.05) is 0 Å². The van der Waals surface area contributed by atoms with Crippen molar-refractivity contribution in [1.82, 2.24) is 15.0 Å². The van der Waals surface area contributed by atoms with E-state index in [1.54, 1.807) is 0 Å². The second-order valence-corrected chi connectivity index (χ2v) is 3.71. The average Bonchev–Trinajstić information content (AvgIpc) is 2.71. The molecule has 82 valence electrons. The van der Waals surface area contributed by atoms with Crippen LogP contribution in [-0.4, -0.2) is 20.9 Å². The Morgan fingerprint density at radius 2 is 2.27 bits per heavy atom. The maximum absolute atomic E-state index is 12.7. The quantitative estimate of drug-likeness (QED) is 0.815. The van der Waals surface area contributed by atoms with E-state index in [0.29, 0.717) is 5.92 Å². The highest BCUT2D eigenvalue weighted by molar-refractivity contribution is 5.91. The van der Waals surface area contributed by atoms with Crippen LogP contribution in [0.4, 0.5) is 8.78 Å². The zero-order valence-corrected chi connectivity index (χ0v) is 8.02. The van der Waals surface area contributed by atoms with Crippen LogP contribution >= 0.6 is 0 Å². The fraction of sp³-hybridized carbons (Fsp3) is 0.625. The molecule has 1 aromatic heterocycles. The van der Waals surface area contributed by atoms with E-state index in [1.807, 2.05) is 6.92 Å². The van der Waals surface area contributed by atoms with Gasteiger partial charge in [0.1, 0.15) is 5.69 Å². The van der Waals surface area contributed by atoms with Crippen LogP contribution in [0.2, 0.25) is 0 Å². The van der Waals surface area contributed by atoms with Crippen LogP contribution in [0.1, 0.15) is 42.0 Å². The van der Waals surface area contributed by atoms with E-state index >= 15 is 0 Å². The lowest BCUT2D eigenvalue weighted by Crippen LogP contribution is -2.15. The van der Waals surface area contributed by atoms with Crippen molar-refractivity contribution in [2.24, 2.45) is 11.7 Å². The smallest absolute Gasteiger partial charge is 0.282 e. The topological polar surface area (TPSA) is 73.8 Å². The number of halogens is 2. The van der Waals surface area contributed by atoms with Gasteiger partial charge in [-0.2, -0.15) is 0 Å². The van der Waals surface area contributed by atoms with Crippen molar-refractivity contribution in [1.29, 1.82) is 0 Å². The van der Waals surface area contributed by atoms with Gasteiger partial charge >= 0.3 is 0 Å². The predicted octanol–water partition coefficient (Wildman–Crippen LogP) is 0.895. The van der Waals surface area contributed by atoms with Crippen LogP contribution in [0.3, 0.4) is 0 Å². The molecule has 0 bridgehead atoms. The Labute approximate surface area is 84.2 Å². The van der Waals surface area contributed by atoms with E-state index in [0.717, 1.165) is 11.1 Å². The standard InChI is InChI=1S/C8H10F2N4O/c1-3-2-4(3)14-6(7(9)10)5(8(11)15)12-13-14/h3-4,7H,2H2,1H3,(H2,11,15). The monoisotopic (exact) mass is 216 g/mol. The van der Waals surface area contributed by atoms with Crippen LogP contribution in [0.5, 0.6) is 0 Å². The molecular weight excluding hydrogens is 206 g/mol. The first-order chi connectivity index (χ1) is 7.02. The number of nitrogens with two attached hydrogens (primary N) is 1. The van der Waals surface area contributed by atoms with E-state index < -0.39 is 23.7 Å². The summed E-state index contributed by atoms with van der Waals surface area (Å²) in [6.07, 6.45) is -2.00. The molecule has 15 heavy (non-hydrogen) atoms. The lowest BCUT2D eigenvalue weighted by molar-refractivity contribution is 0.0976. The van der Waals surface area contributed by atoms with Crippen LogP contribution in [0, 0.1) is 5.92 Å². The van der Waals surface area contributed by atoms with E-state index in [4.69, 9.17) is 5.73 Å². The number of alkyl halides is 2. The molecular formula is C8H10F2N4O. The van der Waals surface area contributed by atoms with Crippen molar-refractivity contribution in [3.8, 4) is 0 Å². The third-order valence-electron chi connectivity index (χ3n) is 2.55. The van der Waals surface area contributed by atoms with Gasteiger partial charge in [0.05, 0.1) is 6.04 Å². The summed E-state index contributed by atoms with van der Waals surface area (Å²) in [5.41, 5.74) is 4.04. The summed E-state index contributed by atoms with van der Waals surface area (Å²) >= 11 is 0. The highest BCUT2D eigenvalue weighted by Crippen LogP contribution is 2.44. The molecule has 7 heteroatoms. The van der Waals surface area contributed by atoms with Gasteiger partial charge in [-0.05, 0) is 12.3 Å². The van der Waals surface area contributed by atoms with Crippen LogP contribution in [0.15, 0.2) is 0 Å².